The minimum Gasteiger partial charge on any atom is -0.493 e. The van der Waals surface area contributed by atoms with Crippen LogP contribution in [0.4, 0.5) is 0 Å². The molecule has 0 radical (unpaired) electrons. The molecular weight excluding hydrogens is 358 g/mol. The molecule has 3 rings (SSSR count). The molecule has 0 spiro atoms. The first-order chi connectivity index (χ1) is 13.6. The second-order valence-electron chi connectivity index (χ2n) is 6.82. The van der Waals surface area contributed by atoms with Crippen LogP contribution in [0.2, 0.25) is 0 Å². The standard InChI is InChI=1S/C22H27NO5/c1-25-18-9-7-15(12-20(18)27-3)8-10-21(24)23-13-16-11-17-5-4-6-19(26-2)22(17)28-14-16/h4-7,9,12,16H,8,10-11,13-14H2,1-3H3,(H,23,24). The minimum absolute atomic E-state index is 0.0335. The number of benzene rings is 2. The third-order valence-corrected chi connectivity index (χ3v) is 4.93. The molecule has 0 aliphatic carbocycles. The van der Waals surface area contributed by atoms with Crippen LogP contribution in [0.1, 0.15) is 17.5 Å². The Labute approximate surface area is 165 Å². The van der Waals surface area contributed by atoms with E-state index >= 15 is 0 Å². The van der Waals surface area contributed by atoms with Crippen LogP contribution >= 0.6 is 0 Å². The van der Waals surface area contributed by atoms with Crippen LogP contribution in [0.15, 0.2) is 36.4 Å². The van der Waals surface area contributed by atoms with Crippen LogP contribution < -0.4 is 24.3 Å². The fraction of sp³-hybridized carbons (Fsp3) is 0.409. The van der Waals surface area contributed by atoms with Crippen LogP contribution in [0.3, 0.4) is 0 Å². The highest BCUT2D eigenvalue weighted by Gasteiger charge is 2.23. The van der Waals surface area contributed by atoms with Crippen molar-refractivity contribution in [1.82, 2.24) is 5.32 Å². The Bertz CT molecular complexity index is 821. The van der Waals surface area contributed by atoms with Gasteiger partial charge in [-0.1, -0.05) is 18.2 Å². The molecule has 1 amide bonds. The molecule has 0 aromatic heterocycles. The molecular formula is C22H27NO5. The van der Waals surface area contributed by atoms with Crippen molar-refractivity contribution in [1.29, 1.82) is 0 Å². The van der Waals surface area contributed by atoms with Gasteiger partial charge < -0.3 is 24.3 Å². The van der Waals surface area contributed by atoms with E-state index in [9.17, 15) is 4.79 Å². The highest BCUT2D eigenvalue weighted by atomic mass is 16.5. The average molecular weight is 385 g/mol. The van der Waals surface area contributed by atoms with E-state index in [4.69, 9.17) is 18.9 Å². The van der Waals surface area contributed by atoms with Gasteiger partial charge in [0, 0.05) is 18.9 Å². The lowest BCUT2D eigenvalue weighted by atomic mass is 9.96. The summed E-state index contributed by atoms with van der Waals surface area (Å²) < 4.78 is 21.7. The highest BCUT2D eigenvalue weighted by Crippen LogP contribution is 2.35. The predicted octanol–water partition coefficient (Wildman–Crippen LogP) is 3.01. The second kappa shape index (κ2) is 9.35. The van der Waals surface area contributed by atoms with Crippen molar-refractivity contribution in [2.45, 2.75) is 19.3 Å². The van der Waals surface area contributed by atoms with Gasteiger partial charge in [0.25, 0.3) is 0 Å². The number of nitrogens with one attached hydrogen (secondary N) is 1. The Kier molecular flexibility index (Phi) is 6.63. The molecule has 0 saturated heterocycles. The maximum absolute atomic E-state index is 12.3. The van der Waals surface area contributed by atoms with Gasteiger partial charge in [-0.3, -0.25) is 4.79 Å². The quantitative estimate of drug-likeness (QED) is 0.757. The van der Waals surface area contributed by atoms with Crippen LogP contribution in [0.25, 0.3) is 0 Å². The van der Waals surface area contributed by atoms with Crippen molar-refractivity contribution >= 4 is 5.91 Å². The average Bonchev–Trinajstić information content (AvgIpc) is 2.75. The maximum atomic E-state index is 12.3. The molecule has 1 unspecified atom stereocenters. The van der Waals surface area contributed by atoms with E-state index in [1.807, 2.05) is 36.4 Å². The largest absolute Gasteiger partial charge is 0.493 e. The Morgan fingerprint density at radius 2 is 1.86 bits per heavy atom. The number of aryl methyl sites for hydroxylation is 1. The smallest absolute Gasteiger partial charge is 0.220 e. The first kappa shape index (κ1) is 19.9. The molecule has 0 fully saturated rings. The zero-order valence-corrected chi connectivity index (χ0v) is 16.6. The second-order valence-corrected chi connectivity index (χ2v) is 6.82. The molecule has 0 bridgehead atoms. The predicted molar refractivity (Wildman–Crippen MR) is 107 cm³/mol. The molecule has 1 N–H and O–H groups in total. The van der Waals surface area contributed by atoms with Crippen molar-refractivity contribution in [2.24, 2.45) is 5.92 Å². The maximum Gasteiger partial charge on any atom is 0.220 e. The summed E-state index contributed by atoms with van der Waals surface area (Å²) in [6, 6.07) is 11.6. The zero-order chi connectivity index (χ0) is 19.9. The number of para-hydroxylation sites is 1. The molecule has 2 aromatic carbocycles. The van der Waals surface area contributed by atoms with Gasteiger partial charge in [-0.25, -0.2) is 0 Å². The van der Waals surface area contributed by atoms with E-state index in [0.29, 0.717) is 37.5 Å². The van der Waals surface area contributed by atoms with E-state index in [2.05, 4.69) is 5.32 Å². The third kappa shape index (κ3) is 4.68. The molecule has 0 saturated carbocycles. The zero-order valence-electron chi connectivity index (χ0n) is 16.6. The SMILES string of the molecule is COc1ccc(CCC(=O)NCC2COc3c(cccc3OC)C2)cc1OC. The van der Waals surface area contributed by atoms with Gasteiger partial charge in [-0.15, -0.1) is 0 Å². The number of carbonyl (C=O) groups excluding carboxylic acids is 1. The fourth-order valence-corrected chi connectivity index (χ4v) is 3.39. The third-order valence-electron chi connectivity index (χ3n) is 4.93. The van der Waals surface area contributed by atoms with Crippen LogP contribution in [-0.4, -0.2) is 40.4 Å². The summed E-state index contributed by atoms with van der Waals surface area (Å²) in [6.45, 7) is 1.17. The molecule has 2 aromatic rings. The van der Waals surface area contributed by atoms with E-state index in [1.165, 1.54) is 0 Å². The first-order valence-corrected chi connectivity index (χ1v) is 9.41. The molecule has 6 heteroatoms. The topological polar surface area (TPSA) is 66.0 Å². The lowest BCUT2D eigenvalue weighted by Crippen LogP contribution is -2.35. The van der Waals surface area contributed by atoms with Crippen molar-refractivity contribution < 1.29 is 23.7 Å². The van der Waals surface area contributed by atoms with Gasteiger partial charge in [0.15, 0.2) is 23.0 Å². The lowest BCUT2D eigenvalue weighted by molar-refractivity contribution is -0.121. The van der Waals surface area contributed by atoms with Crippen LogP contribution in [0.5, 0.6) is 23.0 Å². The Morgan fingerprint density at radius 3 is 2.61 bits per heavy atom. The molecule has 6 nitrogen and oxygen atoms in total. The Balaban J connectivity index is 1.47. The fourth-order valence-electron chi connectivity index (χ4n) is 3.39. The highest BCUT2D eigenvalue weighted by molar-refractivity contribution is 5.76. The number of hydrogen-bond acceptors (Lipinski definition) is 5. The first-order valence-electron chi connectivity index (χ1n) is 9.41. The molecule has 150 valence electrons. The summed E-state index contributed by atoms with van der Waals surface area (Å²) in [5.41, 5.74) is 2.16. The number of methoxy groups -OCH3 is 3. The number of ether oxygens (including phenoxy) is 4. The van der Waals surface area contributed by atoms with E-state index in [1.54, 1.807) is 21.3 Å². The summed E-state index contributed by atoms with van der Waals surface area (Å²) in [4.78, 5) is 12.3. The van der Waals surface area contributed by atoms with Crippen molar-refractivity contribution in [3.05, 3.63) is 47.5 Å². The lowest BCUT2D eigenvalue weighted by Gasteiger charge is -2.26. The van der Waals surface area contributed by atoms with E-state index in [-0.39, 0.29) is 11.8 Å². The monoisotopic (exact) mass is 385 g/mol. The Hall–Kier alpha value is -2.89. The summed E-state index contributed by atoms with van der Waals surface area (Å²) in [6.07, 6.45) is 1.93. The number of carbonyl (C=O) groups is 1. The molecule has 1 atom stereocenters. The number of rotatable bonds is 8. The molecule has 1 aliphatic heterocycles. The summed E-state index contributed by atoms with van der Waals surface area (Å²) >= 11 is 0. The normalized spacial score (nSPS) is 15.2. The van der Waals surface area contributed by atoms with Gasteiger partial charge in [0.1, 0.15) is 0 Å². The van der Waals surface area contributed by atoms with Crippen LogP contribution in [-0.2, 0) is 17.6 Å². The van der Waals surface area contributed by atoms with Gasteiger partial charge in [0.2, 0.25) is 5.91 Å². The number of amides is 1. The Morgan fingerprint density at radius 1 is 1.07 bits per heavy atom. The van der Waals surface area contributed by atoms with Gasteiger partial charge in [-0.05, 0) is 42.2 Å². The van der Waals surface area contributed by atoms with Crippen molar-refractivity contribution in [3.63, 3.8) is 0 Å². The van der Waals surface area contributed by atoms with E-state index < -0.39 is 0 Å². The van der Waals surface area contributed by atoms with E-state index in [0.717, 1.165) is 29.0 Å². The van der Waals surface area contributed by atoms with Gasteiger partial charge in [0.05, 0.1) is 27.9 Å². The summed E-state index contributed by atoms with van der Waals surface area (Å²) in [7, 11) is 4.85. The van der Waals surface area contributed by atoms with Crippen molar-refractivity contribution in [3.8, 4) is 23.0 Å². The van der Waals surface area contributed by atoms with Crippen molar-refractivity contribution in [2.75, 3.05) is 34.5 Å². The van der Waals surface area contributed by atoms with Crippen LogP contribution in [0, 0.1) is 5.92 Å². The molecule has 1 heterocycles. The number of fused-ring (bicyclic) bond motifs is 1. The number of hydrogen-bond donors (Lipinski definition) is 1. The van der Waals surface area contributed by atoms with Gasteiger partial charge in [-0.2, -0.15) is 0 Å². The molecule has 1 aliphatic rings. The van der Waals surface area contributed by atoms with Gasteiger partial charge >= 0.3 is 0 Å². The minimum atomic E-state index is 0.0335. The molecule has 28 heavy (non-hydrogen) atoms. The summed E-state index contributed by atoms with van der Waals surface area (Å²) in [5, 5.41) is 3.03. The summed E-state index contributed by atoms with van der Waals surface area (Å²) in [5.74, 6) is 3.23.